The lowest BCUT2D eigenvalue weighted by atomic mass is 10.1. The Labute approximate surface area is 157 Å². The summed E-state index contributed by atoms with van der Waals surface area (Å²) in [5.41, 5.74) is 5.41. The van der Waals surface area contributed by atoms with Crippen molar-refractivity contribution in [2.24, 2.45) is 0 Å². The molecule has 0 saturated heterocycles. The number of thioether (sulfide) groups is 1. The van der Waals surface area contributed by atoms with Gasteiger partial charge in [-0.1, -0.05) is 36.4 Å². The largest absolute Gasteiger partial charge is 0.489 e. The third-order valence-electron chi connectivity index (χ3n) is 4.94. The van der Waals surface area contributed by atoms with E-state index in [-0.39, 0.29) is 5.91 Å². The molecule has 0 saturated carbocycles. The normalized spacial score (nSPS) is 13.4. The van der Waals surface area contributed by atoms with E-state index in [4.69, 9.17) is 4.74 Å². The monoisotopic (exact) mass is 363 g/mol. The van der Waals surface area contributed by atoms with Crippen molar-refractivity contribution in [2.75, 3.05) is 12.4 Å². The first kappa shape index (κ1) is 17.0. The molecule has 0 radical (unpaired) electrons. The first-order chi connectivity index (χ1) is 12.6. The summed E-state index contributed by atoms with van der Waals surface area (Å²) < 4.78 is 7.97. The molecule has 2 aromatic carbocycles. The second-order valence-corrected chi connectivity index (χ2v) is 7.61. The number of rotatable bonds is 3. The van der Waals surface area contributed by atoms with Crippen LogP contribution in [0.3, 0.4) is 0 Å². The fourth-order valence-corrected chi connectivity index (χ4v) is 4.60. The van der Waals surface area contributed by atoms with Crippen molar-refractivity contribution < 1.29 is 9.53 Å². The lowest BCUT2D eigenvalue weighted by Crippen LogP contribution is -2.14. The lowest BCUT2D eigenvalue weighted by Gasteiger charge is -2.18. The summed E-state index contributed by atoms with van der Waals surface area (Å²) in [5.74, 6) is 1.82. The van der Waals surface area contributed by atoms with Crippen LogP contribution >= 0.6 is 11.8 Å². The van der Waals surface area contributed by atoms with Gasteiger partial charge in [-0.2, -0.15) is 0 Å². The van der Waals surface area contributed by atoms with Gasteiger partial charge in [0.15, 0.2) is 0 Å². The molecule has 1 aliphatic rings. The highest BCUT2D eigenvalue weighted by molar-refractivity contribution is 7.99. The molecule has 0 fully saturated rings. The Morgan fingerprint density at radius 3 is 2.77 bits per heavy atom. The van der Waals surface area contributed by atoms with Gasteiger partial charge in [-0.05, 0) is 37.1 Å². The molecular formula is C22H21NO2S. The predicted octanol–water partition coefficient (Wildman–Crippen LogP) is 5.49. The molecule has 4 heteroatoms. The van der Waals surface area contributed by atoms with Crippen molar-refractivity contribution >= 4 is 34.1 Å². The van der Waals surface area contributed by atoms with Gasteiger partial charge >= 0.3 is 0 Å². The number of benzene rings is 2. The van der Waals surface area contributed by atoms with Crippen molar-refractivity contribution in [3.8, 4) is 5.75 Å². The Kier molecular flexibility index (Phi) is 4.37. The van der Waals surface area contributed by atoms with Gasteiger partial charge in [0.05, 0.1) is 11.2 Å². The zero-order valence-corrected chi connectivity index (χ0v) is 16.0. The van der Waals surface area contributed by atoms with Crippen LogP contribution in [0.5, 0.6) is 5.75 Å². The standard InChI is InChI=1S/C22H21NO2S/c1-14-7-6-10-20(15(14)2)25-13-17-11-12-26-22-18-8-4-5-9-19(18)23(16(3)24)21(17)22/h4-11H,12-13H2,1-3H3. The Morgan fingerprint density at radius 1 is 1.15 bits per heavy atom. The highest BCUT2D eigenvalue weighted by atomic mass is 32.2. The number of fused-ring (bicyclic) bond motifs is 3. The molecule has 26 heavy (non-hydrogen) atoms. The molecule has 0 spiro atoms. The van der Waals surface area contributed by atoms with Gasteiger partial charge in [0, 0.05) is 28.5 Å². The van der Waals surface area contributed by atoms with E-state index in [9.17, 15) is 4.79 Å². The number of aryl methyl sites for hydroxylation is 1. The molecule has 0 unspecified atom stereocenters. The summed E-state index contributed by atoms with van der Waals surface area (Å²) in [4.78, 5) is 13.6. The number of carbonyl (C=O) groups excluding carboxylic acids is 1. The molecule has 0 bridgehead atoms. The van der Waals surface area contributed by atoms with E-state index in [0.717, 1.165) is 39.2 Å². The Bertz CT molecular complexity index is 1050. The third-order valence-corrected chi connectivity index (χ3v) is 5.98. The predicted molar refractivity (Wildman–Crippen MR) is 108 cm³/mol. The van der Waals surface area contributed by atoms with E-state index in [1.807, 2.05) is 34.9 Å². The van der Waals surface area contributed by atoms with Crippen LogP contribution in [0.1, 0.15) is 28.5 Å². The van der Waals surface area contributed by atoms with Crippen LogP contribution in [0.2, 0.25) is 0 Å². The molecule has 1 aliphatic heterocycles. The Morgan fingerprint density at radius 2 is 1.96 bits per heavy atom. The summed E-state index contributed by atoms with van der Waals surface area (Å²) in [6.45, 7) is 6.24. The number of para-hydroxylation sites is 1. The first-order valence-electron chi connectivity index (χ1n) is 8.73. The number of ether oxygens (including phenoxy) is 1. The highest BCUT2D eigenvalue weighted by Gasteiger charge is 2.25. The number of hydrogen-bond donors (Lipinski definition) is 0. The van der Waals surface area contributed by atoms with Gasteiger partial charge in [-0.25, -0.2) is 0 Å². The zero-order chi connectivity index (χ0) is 18.3. The molecular weight excluding hydrogens is 342 g/mol. The Balaban J connectivity index is 1.76. The fraction of sp³-hybridized carbons (Fsp3) is 0.227. The van der Waals surface area contributed by atoms with Gasteiger partial charge < -0.3 is 4.74 Å². The average molecular weight is 363 g/mol. The second kappa shape index (κ2) is 6.69. The summed E-state index contributed by atoms with van der Waals surface area (Å²) in [5, 5.41) is 1.14. The van der Waals surface area contributed by atoms with E-state index in [0.29, 0.717) is 6.61 Å². The van der Waals surface area contributed by atoms with Crippen molar-refractivity contribution in [3.63, 3.8) is 0 Å². The van der Waals surface area contributed by atoms with Crippen LogP contribution in [0.4, 0.5) is 0 Å². The maximum atomic E-state index is 12.4. The third kappa shape index (κ3) is 2.74. The zero-order valence-electron chi connectivity index (χ0n) is 15.2. The maximum Gasteiger partial charge on any atom is 0.228 e. The van der Waals surface area contributed by atoms with Gasteiger partial charge in [0.2, 0.25) is 5.91 Å². The quantitative estimate of drug-likeness (QED) is 0.617. The molecule has 132 valence electrons. The van der Waals surface area contributed by atoms with Crippen LogP contribution in [-0.2, 0) is 0 Å². The molecule has 3 nitrogen and oxygen atoms in total. The van der Waals surface area contributed by atoms with Crippen LogP contribution < -0.4 is 4.74 Å². The van der Waals surface area contributed by atoms with Crippen molar-refractivity contribution in [1.82, 2.24) is 4.57 Å². The van der Waals surface area contributed by atoms with Gasteiger partial charge in [-0.3, -0.25) is 9.36 Å². The minimum Gasteiger partial charge on any atom is -0.489 e. The second-order valence-electron chi connectivity index (χ2n) is 6.58. The molecule has 0 N–H and O–H groups in total. The first-order valence-corrected chi connectivity index (χ1v) is 9.72. The van der Waals surface area contributed by atoms with E-state index >= 15 is 0 Å². The van der Waals surface area contributed by atoms with Crippen molar-refractivity contribution in [2.45, 2.75) is 25.7 Å². The van der Waals surface area contributed by atoms with E-state index in [2.05, 4.69) is 32.1 Å². The van der Waals surface area contributed by atoms with Crippen molar-refractivity contribution in [1.29, 1.82) is 0 Å². The van der Waals surface area contributed by atoms with E-state index < -0.39 is 0 Å². The van der Waals surface area contributed by atoms with Crippen LogP contribution in [0.25, 0.3) is 16.5 Å². The molecule has 0 atom stereocenters. The van der Waals surface area contributed by atoms with E-state index in [1.54, 1.807) is 18.7 Å². The van der Waals surface area contributed by atoms with Gasteiger partial charge in [0.1, 0.15) is 12.4 Å². The number of hydrogen-bond acceptors (Lipinski definition) is 3. The van der Waals surface area contributed by atoms with E-state index in [1.165, 1.54) is 10.5 Å². The minimum absolute atomic E-state index is 0.0302. The van der Waals surface area contributed by atoms with Crippen molar-refractivity contribution in [3.05, 3.63) is 65.4 Å². The maximum absolute atomic E-state index is 12.4. The summed E-state index contributed by atoms with van der Waals surface area (Å²) >= 11 is 1.78. The van der Waals surface area contributed by atoms with Crippen LogP contribution in [0, 0.1) is 13.8 Å². The lowest BCUT2D eigenvalue weighted by molar-refractivity contribution is 0.0940. The highest BCUT2D eigenvalue weighted by Crippen LogP contribution is 2.41. The number of carbonyl (C=O) groups is 1. The Hall–Kier alpha value is -2.46. The number of aromatic nitrogens is 1. The van der Waals surface area contributed by atoms with Crippen LogP contribution in [0.15, 0.2) is 53.4 Å². The SMILES string of the molecule is CC(=O)n1c2c(c3ccccc31)SCC=C2COc1cccc(C)c1C. The topological polar surface area (TPSA) is 31.2 Å². The minimum atomic E-state index is 0.0302. The smallest absolute Gasteiger partial charge is 0.228 e. The number of nitrogens with zero attached hydrogens (tertiary/aromatic N) is 1. The summed E-state index contributed by atoms with van der Waals surface area (Å²) in [7, 11) is 0. The molecule has 1 aromatic heterocycles. The molecule has 4 rings (SSSR count). The fourth-order valence-electron chi connectivity index (χ4n) is 3.46. The average Bonchev–Trinajstić information content (AvgIpc) is 2.98. The molecule has 0 aliphatic carbocycles. The molecule has 0 amide bonds. The molecule has 2 heterocycles. The van der Waals surface area contributed by atoms with Crippen LogP contribution in [-0.4, -0.2) is 22.8 Å². The summed E-state index contributed by atoms with van der Waals surface area (Å²) in [6.07, 6.45) is 2.18. The van der Waals surface area contributed by atoms with Gasteiger partial charge in [-0.15, -0.1) is 11.8 Å². The summed E-state index contributed by atoms with van der Waals surface area (Å²) in [6, 6.07) is 14.2. The van der Waals surface area contributed by atoms with Gasteiger partial charge in [0.25, 0.3) is 0 Å². The molecule has 3 aromatic rings.